The maximum absolute atomic E-state index is 11.0. The highest BCUT2D eigenvalue weighted by Crippen LogP contribution is 2.39. The van der Waals surface area contributed by atoms with Gasteiger partial charge in [-0.2, -0.15) is 0 Å². The van der Waals surface area contributed by atoms with Crippen molar-refractivity contribution in [2.75, 3.05) is 39.4 Å². The van der Waals surface area contributed by atoms with Crippen LogP contribution in [0.15, 0.2) is 60.7 Å². The SMILES string of the molecule is CC1C(c2ccccc2)C=Cc2nc(-c3ccc(Cl)cc3)c(CN3CCN(C(O)C4CCOCC4)CC3)n21. The molecule has 1 N–H and O–H groups in total. The Balaban J connectivity index is 1.25. The summed E-state index contributed by atoms with van der Waals surface area (Å²) in [5.41, 5.74) is 4.70. The van der Waals surface area contributed by atoms with Crippen molar-refractivity contribution in [2.45, 2.75) is 44.5 Å². The largest absolute Gasteiger partial charge is 0.381 e. The second-order valence-electron chi connectivity index (χ2n) is 10.9. The van der Waals surface area contributed by atoms with Crippen LogP contribution in [0.25, 0.3) is 17.3 Å². The first kappa shape index (κ1) is 25.8. The first-order valence-electron chi connectivity index (χ1n) is 13.9. The van der Waals surface area contributed by atoms with E-state index in [0.717, 1.165) is 80.9 Å². The molecular weight excluding hydrogens is 496 g/mol. The van der Waals surface area contributed by atoms with Crippen molar-refractivity contribution in [2.24, 2.45) is 5.92 Å². The Kier molecular flexibility index (Phi) is 7.68. The van der Waals surface area contributed by atoms with Crippen molar-refractivity contribution in [3.63, 3.8) is 0 Å². The number of benzene rings is 2. The molecule has 0 bridgehead atoms. The molecular formula is C31H37ClN4O2. The summed E-state index contributed by atoms with van der Waals surface area (Å²) < 4.78 is 7.95. The minimum atomic E-state index is -0.370. The van der Waals surface area contributed by atoms with E-state index in [0.29, 0.717) is 11.8 Å². The molecule has 0 aliphatic carbocycles. The number of piperazine rings is 1. The number of imidazole rings is 1. The summed E-state index contributed by atoms with van der Waals surface area (Å²) in [6, 6.07) is 19.0. The van der Waals surface area contributed by atoms with E-state index in [1.807, 2.05) is 12.1 Å². The van der Waals surface area contributed by atoms with Crippen molar-refractivity contribution in [3.05, 3.63) is 82.8 Å². The van der Waals surface area contributed by atoms with E-state index in [-0.39, 0.29) is 12.3 Å². The predicted octanol–water partition coefficient (Wildman–Crippen LogP) is 5.44. The molecule has 200 valence electrons. The number of hydrogen-bond donors (Lipinski definition) is 1. The monoisotopic (exact) mass is 532 g/mol. The summed E-state index contributed by atoms with van der Waals surface area (Å²) in [4.78, 5) is 9.92. The molecule has 3 aliphatic rings. The second-order valence-corrected chi connectivity index (χ2v) is 11.3. The summed E-state index contributed by atoms with van der Waals surface area (Å²) >= 11 is 6.22. The van der Waals surface area contributed by atoms with Gasteiger partial charge in [0.15, 0.2) is 0 Å². The van der Waals surface area contributed by atoms with Crippen LogP contribution in [-0.2, 0) is 11.3 Å². The highest BCUT2D eigenvalue weighted by atomic mass is 35.5. The lowest BCUT2D eigenvalue weighted by atomic mass is 9.89. The topological polar surface area (TPSA) is 53.8 Å². The summed E-state index contributed by atoms with van der Waals surface area (Å²) in [6.07, 6.45) is 6.01. The standard InChI is InChI=1S/C31H37ClN4O2/c1-22-27(23-5-3-2-4-6-23)11-12-29-33-30(24-7-9-26(32)10-8-24)28(36(22)29)21-34-15-17-35(18-16-34)31(37)25-13-19-38-20-14-25/h2-12,22,25,27,31,37H,13-21H2,1H3. The third-order valence-corrected chi connectivity index (χ3v) is 8.81. The van der Waals surface area contributed by atoms with E-state index in [1.54, 1.807) is 0 Å². The number of hydrogen-bond acceptors (Lipinski definition) is 5. The highest BCUT2D eigenvalue weighted by Gasteiger charge is 2.32. The summed E-state index contributed by atoms with van der Waals surface area (Å²) in [5.74, 6) is 1.62. The van der Waals surface area contributed by atoms with Crippen LogP contribution in [0.5, 0.6) is 0 Å². The number of halogens is 1. The average molecular weight is 533 g/mol. The van der Waals surface area contributed by atoms with Gasteiger partial charge in [-0.3, -0.25) is 9.80 Å². The zero-order valence-electron chi connectivity index (χ0n) is 22.0. The van der Waals surface area contributed by atoms with Crippen LogP contribution < -0.4 is 0 Å². The third-order valence-electron chi connectivity index (χ3n) is 8.56. The van der Waals surface area contributed by atoms with E-state index in [4.69, 9.17) is 21.3 Å². The molecule has 0 amide bonds. The molecule has 2 saturated heterocycles. The van der Waals surface area contributed by atoms with Crippen LogP contribution in [0.4, 0.5) is 0 Å². The lowest BCUT2D eigenvalue weighted by Crippen LogP contribution is -2.52. The highest BCUT2D eigenvalue weighted by molar-refractivity contribution is 6.30. The number of aromatic nitrogens is 2. The van der Waals surface area contributed by atoms with Gasteiger partial charge in [-0.1, -0.05) is 60.1 Å². The molecule has 3 aliphatic heterocycles. The zero-order valence-corrected chi connectivity index (χ0v) is 22.8. The Bertz CT molecular complexity index is 1240. The molecule has 0 spiro atoms. The number of aliphatic hydroxyl groups is 1. The van der Waals surface area contributed by atoms with Crippen LogP contribution in [0.2, 0.25) is 5.02 Å². The Hall–Kier alpha value is -2.48. The molecule has 38 heavy (non-hydrogen) atoms. The molecule has 3 unspecified atom stereocenters. The zero-order chi connectivity index (χ0) is 26.1. The first-order valence-corrected chi connectivity index (χ1v) is 14.3. The van der Waals surface area contributed by atoms with Gasteiger partial charge in [0, 0.05) is 74.4 Å². The van der Waals surface area contributed by atoms with Crippen molar-refractivity contribution in [1.29, 1.82) is 0 Å². The maximum Gasteiger partial charge on any atom is 0.133 e. The summed E-state index contributed by atoms with van der Waals surface area (Å²) in [7, 11) is 0. The van der Waals surface area contributed by atoms with Crippen molar-refractivity contribution in [3.8, 4) is 11.3 Å². The number of nitrogens with zero attached hydrogens (tertiary/aromatic N) is 4. The smallest absolute Gasteiger partial charge is 0.133 e. The third kappa shape index (κ3) is 5.21. The quantitative estimate of drug-likeness (QED) is 0.458. The van der Waals surface area contributed by atoms with Gasteiger partial charge in [0.25, 0.3) is 0 Å². The lowest BCUT2D eigenvalue weighted by Gasteiger charge is -2.41. The van der Waals surface area contributed by atoms with Gasteiger partial charge in [0.2, 0.25) is 0 Å². The van der Waals surface area contributed by atoms with Gasteiger partial charge in [-0.05, 0) is 43.5 Å². The summed E-state index contributed by atoms with van der Waals surface area (Å²) in [5, 5.41) is 11.7. The average Bonchev–Trinajstić information content (AvgIpc) is 3.33. The van der Waals surface area contributed by atoms with Crippen LogP contribution >= 0.6 is 11.6 Å². The van der Waals surface area contributed by atoms with E-state index < -0.39 is 0 Å². The van der Waals surface area contributed by atoms with Crippen LogP contribution in [-0.4, -0.2) is 70.1 Å². The Morgan fingerprint density at radius 3 is 2.42 bits per heavy atom. The maximum atomic E-state index is 11.0. The molecule has 2 fully saturated rings. The molecule has 0 saturated carbocycles. The van der Waals surface area contributed by atoms with Crippen LogP contribution in [0.1, 0.15) is 48.8 Å². The van der Waals surface area contributed by atoms with Crippen LogP contribution in [0.3, 0.4) is 0 Å². The van der Waals surface area contributed by atoms with Gasteiger partial charge in [-0.25, -0.2) is 4.98 Å². The number of aliphatic hydroxyl groups excluding tert-OH is 1. The molecule has 6 nitrogen and oxygen atoms in total. The van der Waals surface area contributed by atoms with E-state index in [2.05, 4.69) is 75.9 Å². The Labute approximate surface area is 230 Å². The van der Waals surface area contributed by atoms with Gasteiger partial charge in [0.05, 0.1) is 11.4 Å². The Morgan fingerprint density at radius 1 is 1.00 bits per heavy atom. The van der Waals surface area contributed by atoms with Crippen molar-refractivity contribution < 1.29 is 9.84 Å². The van der Waals surface area contributed by atoms with Crippen molar-refractivity contribution in [1.82, 2.24) is 19.4 Å². The number of rotatable bonds is 6. The molecule has 3 atom stereocenters. The fraction of sp³-hybridized carbons (Fsp3) is 0.452. The molecule has 6 rings (SSSR count). The molecule has 0 radical (unpaired) electrons. The minimum Gasteiger partial charge on any atom is -0.381 e. The summed E-state index contributed by atoms with van der Waals surface area (Å²) in [6.45, 7) is 8.25. The molecule has 2 aromatic carbocycles. The van der Waals surface area contributed by atoms with Gasteiger partial charge in [0.1, 0.15) is 12.1 Å². The van der Waals surface area contributed by atoms with E-state index >= 15 is 0 Å². The Morgan fingerprint density at radius 2 is 1.71 bits per heavy atom. The van der Waals surface area contributed by atoms with Gasteiger partial charge < -0.3 is 14.4 Å². The number of allylic oxidation sites excluding steroid dienone is 1. The van der Waals surface area contributed by atoms with E-state index in [1.165, 1.54) is 11.3 Å². The van der Waals surface area contributed by atoms with Gasteiger partial charge >= 0.3 is 0 Å². The number of ether oxygens (including phenoxy) is 1. The lowest BCUT2D eigenvalue weighted by molar-refractivity contribution is -0.0890. The molecule has 7 heteroatoms. The fourth-order valence-electron chi connectivity index (χ4n) is 6.33. The fourth-order valence-corrected chi connectivity index (χ4v) is 6.46. The normalized spacial score (nSPS) is 23.9. The van der Waals surface area contributed by atoms with Crippen LogP contribution in [0, 0.1) is 5.92 Å². The number of fused-ring (bicyclic) bond motifs is 1. The molecule has 4 heterocycles. The van der Waals surface area contributed by atoms with E-state index in [9.17, 15) is 5.11 Å². The molecule has 1 aromatic heterocycles. The predicted molar refractivity (Wildman–Crippen MR) is 152 cm³/mol. The second kappa shape index (κ2) is 11.3. The minimum absolute atomic E-state index is 0.248. The first-order chi connectivity index (χ1) is 18.6. The van der Waals surface area contributed by atoms with Gasteiger partial charge in [-0.15, -0.1) is 0 Å². The molecule has 3 aromatic rings. The van der Waals surface area contributed by atoms with Crippen molar-refractivity contribution >= 4 is 17.7 Å².